The molecule has 78 valence electrons. The first kappa shape index (κ1) is 9.09. The summed E-state index contributed by atoms with van der Waals surface area (Å²) >= 11 is 0. The summed E-state index contributed by atoms with van der Waals surface area (Å²) in [5.74, 6) is 0. The summed E-state index contributed by atoms with van der Waals surface area (Å²) in [6.07, 6.45) is 2.84. The van der Waals surface area contributed by atoms with Gasteiger partial charge in [0, 0.05) is 6.92 Å². The third kappa shape index (κ3) is 1.08. The SMILES string of the molecule is Cc1c(C=O)[nH]c2c3ccccc3cc[n+]12. The monoisotopic (exact) mass is 211 g/mol. The van der Waals surface area contributed by atoms with E-state index in [9.17, 15) is 4.79 Å². The van der Waals surface area contributed by atoms with Gasteiger partial charge in [0.05, 0.1) is 11.6 Å². The Bertz CT molecular complexity index is 698. The van der Waals surface area contributed by atoms with Crippen molar-refractivity contribution in [1.29, 1.82) is 0 Å². The van der Waals surface area contributed by atoms with Crippen LogP contribution in [0.15, 0.2) is 36.5 Å². The van der Waals surface area contributed by atoms with Crippen molar-refractivity contribution in [3.63, 3.8) is 0 Å². The molecule has 3 rings (SSSR count). The summed E-state index contributed by atoms with van der Waals surface area (Å²) < 4.78 is 2.01. The summed E-state index contributed by atoms with van der Waals surface area (Å²) in [5, 5.41) is 2.29. The predicted octanol–water partition coefficient (Wildman–Crippen LogP) is 2.03. The van der Waals surface area contributed by atoms with Gasteiger partial charge in [0.2, 0.25) is 5.69 Å². The second-order valence-electron chi connectivity index (χ2n) is 3.86. The van der Waals surface area contributed by atoms with Crippen LogP contribution in [-0.4, -0.2) is 11.3 Å². The zero-order chi connectivity index (χ0) is 11.1. The van der Waals surface area contributed by atoms with Crippen molar-refractivity contribution in [3.8, 4) is 0 Å². The number of carbonyl (C=O) groups is 1. The Morgan fingerprint density at radius 1 is 1.25 bits per heavy atom. The van der Waals surface area contributed by atoms with E-state index in [4.69, 9.17) is 0 Å². The van der Waals surface area contributed by atoms with Crippen LogP contribution in [0.1, 0.15) is 16.2 Å². The molecule has 0 aliphatic carbocycles. The Kier molecular flexibility index (Phi) is 1.80. The average molecular weight is 211 g/mol. The van der Waals surface area contributed by atoms with Gasteiger partial charge in [-0.25, -0.2) is 4.98 Å². The molecule has 3 aromatic rings. The number of benzene rings is 1. The van der Waals surface area contributed by atoms with E-state index in [-0.39, 0.29) is 0 Å². The number of hydrogen-bond acceptors (Lipinski definition) is 1. The first-order valence-electron chi connectivity index (χ1n) is 5.18. The Labute approximate surface area is 92.3 Å². The Morgan fingerprint density at radius 3 is 2.88 bits per heavy atom. The van der Waals surface area contributed by atoms with Crippen LogP contribution < -0.4 is 4.40 Å². The zero-order valence-corrected chi connectivity index (χ0v) is 8.90. The highest BCUT2D eigenvalue weighted by atomic mass is 16.1. The molecule has 0 bridgehead atoms. The first-order chi connectivity index (χ1) is 7.81. The van der Waals surface area contributed by atoms with Crippen molar-refractivity contribution in [2.75, 3.05) is 0 Å². The lowest BCUT2D eigenvalue weighted by Crippen LogP contribution is -2.22. The second-order valence-corrected chi connectivity index (χ2v) is 3.86. The van der Waals surface area contributed by atoms with Crippen molar-refractivity contribution < 1.29 is 9.20 Å². The van der Waals surface area contributed by atoms with E-state index in [1.807, 2.05) is 29.7 Å². The molecular weight excluding hydrogens is 200 g/mol. The molecule has 0 spiro atoms. The number of pyridine rings is 1. The minimum absolute atomic E-state index is 0.636. The lowest BCUT2D eigenvalue weighted by atomic mass is 10.2. The Morgan fingerprint density at radius 2 is 2.06 bits per heavy atom. The fourth-order valence-electron chi connectivity index (χ4n) is 2.09. The van der Waals surface area contributed by atoms with E-state index in [1.165, 1.54) is 5.39 Å². The van der Waals surface area contributed by atoms with Crippen LogP contribution in [0, 0.1) is 6.92 Å². The quantitative estimate of drug-likeness (QED) is 0.485. The minimum Gasteiger partial charge on any atom is -0.294 e. The number of aromatic nitrogens is 2. The molecule has 0 radical (unpaired) electrons. The van der Waals surface area contributed by atoms with Crippen molar-refractivity contribution >= 4 is 22.7 Å². The first-order valence-corrected chi connectivity index (χ1v) is 5.18. The lowest BCUT2D eigenvalue weighted by Gasteiger charge is -1.94. The summed E-state index contributed by atoms with van der Waals surface area (Å²) in [6, 6.07) is 10.2. The predicted molar refractivity (Wildman–Crippen MR) is 61.6 cm³/mol. The van der Waals surface area contributed by atoms with Gasteiger partial charge in [-0.2, -0.15) is 4.40 Å². The van der Waals surface area contributed by atoms with Crippen LogP contribution in [0.25, 0.3) is 16.4 Å². The van der Waals surface area contributed by atoms with Gasteiger partial charge in [0.25, 0.3) is 5.65 Å². The van der Waals surface area contributed by atoms with E-state index in [0.717, 1.165) is 23.0 Å². The third-order valence-electron chi connectivity index (χ3n) is 2.98. The van der Waals surface area contributed by atoms with E-state index in [0.29, 0.717) is 5.69 Å². The fourth-order valence-corrected chi connectivity index (χ4v) is 2.09. The number of aromatic amines is 1. The molecule has 0 saturated heterocycles. The molecule has 2 heterocycles. The standard InChI is InChI=1S/C13H10N2O/c1-9-12(8-16)14-13-11-5-3-2-4-10(11)6-7-15(9)13/h2-8H,1H3/p+1. The highest BCUT2D eigenvalue weighted by Gasteiger charge is 2.16. The molecule has 0 aliphatic heterocycles. The average Bonchev–Trinajstić information content (AvgIpc) is 2.67. The van der Waals surface area contributed by atoms with Gasteiger partial charge < -0.3 is 0 Å². The number of nitrogens with zero attached hydrogens (tertiary/aromatic N) is 1. The van der Waals surface area contributed by atoms with E-state index < -0.39 is 0 Å². The van der Waals surface area contributed by atoms with Crippen molar-refractivity contribution in [2.45, 2.75) is 6.92 Å². The van der Waals surface area contributed by atoms with Crippen LogP contribution in [0.2, 0.25) is 0 Å². The fraction of sp³-hybridized carbons (Fsp3) is 0.0769. The highest BCUT2D eigenvalue weighted by Crippen LogP contribution is 2.16. The maximum atomic E-state index is 10.9. The maximum Gasteiger partial charge on any atom is 0.292 e. The molecule has 3 nitrogen and oxygen atoms in total. The number of H-pyrrole nitrogens is 1. The van der Waals surface area contributed by atoms with Crippen molar-refractivity contribution in [1.82, 2.24) is 4.98 Å². The molecule has 0 saturated carbocycles. The highest BCUT2D eigenvalue weighted by molar-refractivity contribution is 5.92. The topological polar surface area (TPSA) is 37.0 Å². The van der Waals surface area contributed by atoms with Crippen molar-refractivity contribution in [3.05, 3.63) is 47.9 Å². The van der Waals surface area contributed by atoms with Crippen LogP contribution in [-0.2, 0) is 0 Å². The molecule has 1 aromatic carbocycles. The normalized spacial score (nSPS) is 11.1. The summed E-state index contributed by atoms with van der Waals surface area (Å²) in [7, 11) is 0. The zero-order valence-electron chi connectivity index (χ0n) is 8.90. The van der Waals surface area contributed by atoms with Gasteiger partial charge in [0.1, 0.15) is 0 Å². The van der Waals surface area contributed by atoms with Gasteiger partial charge in [-0.1, -0.05) is 18.2 Å². The molecule has 0 fully saturated rings. The number of fused-ring (bicyclic) bond motifs is 3. The maximum absolute atomic E-state index is 10.9. The van der Waals surface area contributed by atoms with Gasteiger partial charge in [-0.15, -0.1) is 0 Å². The number of aldehydes is 1. The van der Waals surface area contributed by atoms with Gasteiger partial charge >= 0.3 is 0 Å². The number of carbonyl (C=O) groups excluding carboxylic acids is 1. The van der Waals surface area contributed by atoms with E-state index >= 15 is 0 Å². The van der Waals surface area contributed by atoms with Gasteiger partial charge in [-0.3, -0.25) is 4.79 Å². The molecule has 0 unspecified atom stereocenters. The molecule has 2 aromatic heterocycles. The molecular formula is C13H11N2O+. The number of rotatable bonds is 1. The number of hydrogen-bond donors (Lipinski definition) is 1. The third-order valence-corrected chi connectivity index (χ3v) is 2.98. The number of nitrogens with one attached hydrogen (secondary N) is 1. The molecule has 1 N–H and O–H groups in total. The lowest BCUT2D eigenvalue weighted by molar-refractivity contribution is -0.516. The molecule has 0 amide bonds. The molecule has 3 heteroatoms. The summed E-state index contributed by atoms with van der Waals surface area (Å²) in [6.45, 7) is 1.93. The second kappa shape index (κ2) is 3.17. The Hall–Kier alpha value is -2.16. The van der Waals surface area contributed by atoms with Crippen LogP contribution in [0.5, 0.6) is 0 Å². The summed E-state index contributed by atoms with van der Waals surface area (Å²) in [5.41, 5.74) is 2.55. The molecule has 0 atom stereocenters. The number of imidazole rings is 1. The van der Waals surface area contributed by atoms with Crippen molar-refractivity contribution in [2.24, 2.45) is 0 Å². The van der Waals surface area contributed by atoms with Crippen LogP contribution >= 0.6 is 0 Å². The molecule has 0 aliphatic rings. The summed E-state index contributed by atoms with van der Waals surface area (Å²) in [4.78, 5) is 14.0. The van der Waals surface area contributed by atoms with Gasteiger partial charge in [0.15, 0.2) is 12.0 Å². The van der Waals surface area contributed by atoms with Crippen LogP contribution in [0.4, 0.5) is 0 Å². The minimum atomic E-state index is 0.636. The van der Waals surface area contributed by atoms with E-state index in [2.05, 4.69) is 23.2 Å². The molecule has 16 heavy (non-hydrogen) atoms. The smallest absolute Gasteiger partial charge is 0.292 e. The van der Waals surface area contributed by atoms with Gasteiger partial charge in [-0.05, 0) is 17.5 Å². The Balaban J connectivity index is 2.56. The van der Waals surface area contributed by atoms with E-state index in [1.54, 1.807) is 0 Å². The van der Waals surface area contributed by atoms with Crippen LogP contribution in [0.3, 0.4) is 0 Å². The largest absolute Gasteiger partial charge is 0.294 e. The number of aryl methyl sites for hydroxylation is 1.